The smallest absolute Gasteiger partial charge is 0.253 e. The van der Waals surface area contributed by atoms with Crippen molar-refractivity contribution < 1.29 is 22.4 Å². The zero-order valence-electron chi connectivity index (χ0n) is 13.2. The molecule has 9 heteroatoms. The molecule has 1 aromatic heterocycles. The number of carbonyl (C=O) groups excluding carboxylic acids is 2. The van der Waals surface area contributed by atoms with Crippen molar-refractivity contribution in [2.75, 3.05) is 10.1 Å². The molecule has 2 aromatic rings. The van der Waals surface area contributed by atoms with Crippen LogP contribution in [0.4, 0.5) is 5.69 Å². The zero-order valence-corrected chi connectivity index (χ0v) is 14.8. The summed E-state index contributed by atoms with van der Waals surface area (Å²) in [5, 5.41) is 2.70. The first-order valence-corrected chi connectivity index (χ1v) is 9.45. The minimum absolute atomic E-state index is 0.0528. The second kappa shape index (κ2) is 6.53. The van der Waals surface area contributed by atoms with E-state index in [-0.39, 0.29) is 28.6 Å². The van der Waals surface area contributed by atoms with Gasteiger partial charge < -0.3 is 9.73 Å². The maximum atomic E-state index is 12.2. The van der Waals surface area contributed by atoms with Gasteiger partial charge in [-0.2, -0.15) is 0 Å². The molecule has 0 radical (unpaired) electrons. The third-order valence-corrected chi connectivity index (χ3v) is 5.98. The van der Waals surface area contributed by atoms with Gasteiger partial charge in [-0.15, -0.1) is 0 Å². The highest BCUT2D eigenvalue weighted by molar-refractivity contribution is 7.94. The number of hydrogen-bond donors (Lipinski definition) is 1. The molecule has 2 amide bonds. The largest absolute Gasteiger partial charge is 0.467 e. The molecule has 7 nitrogen and oxygen atoms in total. The van der Waals surface area contributed by atoms with Gasteiger partial charge in [-0.05, 0) is 30.3 Å². The van der Waals surface area contributed by atoms with Crippen LogP contribution in [-0.2, 0) is 21.4 Å². The van der Waals surface area contributed by atoms with Gasteiger partial charge in [0.25, 0.3) is 5.91 Å². The van der Waals surface area contributed by atoms with E-state index in [0.29, 0.717) is 5.76 Å². The predicted molar refractivity (Wildman–Crippen MR) is 91.8 cm³/mol. The fourth-order valence-electron chi connectivity index (χ4n) is 2.58. The highest BCUT2D eigenvalue weighted by Crippen LogP contribution is 2.31. The number of nitrogens with zero attached hydrogens (tertiary/aromatic N) is 1. The number of amides is 2. The van der Waals surface area contributed by atoms with Gasteiger partial charge in [0.05, 0.1) is 40.8 Å². The SMILES string of the molecule is C[C@@H]1CS(=O)(=O)N(c2ccc(C(=O)NCc3ccco3)c(Cl)c2)C1=O. The van der Waals surface area contributed by atoms with Crippen LogP contribution in [0.3, 0.4) is 0 Å². The van der Waals surface area contributed by atoms with Crippen LogP contribution in [0.15, 0.2) is 41.0 Å². The van der Waals surface area contributed by atoms with Crippen molar-refractivity contribution in [2.24, 2.45) is 5.92 Å². The molecule has 1 aromatic carbocycles. The summed E-state index contributed by atoms with van der Waals surface area (Å²) < 4.78 is 30.1. The van der Waals surface area contributed by atoms with Gasteiger partial charge >= 0.3 is 0 Å². The molecular weight excluding hydrogens is 368 g/mol. The number of halogens is 1. The number of sulfonamides is 1. The quantitative estimate of drug-likeness (QED) is 0.874. The van der Waals surface area contributed by atoms with Gasteiger partial charge in [-0.1, -0.05) is 18.5 Å². The Hall–Kier alpha value is -2.32. The first-order valence-electron chi connectivity index (χ1n) is 7.46. The van der Waals surface area contributed by atoms with E-state index in [0.717, 1.165) is 4.31 Å². The van der Waals surface area contributed by atoms with Crippen LogP contribution in [0.25, 0.3) is 0 Å². The summed E-state index contributed by atoms with van der Waals surface area (Å²) in [6, 6.07) is 7.51. The first-order chi connectivity index (χ1) is 11.8. The average Bonchev–Trinajstić information content (AvgIpc) is 3.11. The average molecular weight is 383 g/mol. The number of furan rings is 1. The molecule has 0 bridgehead atoms. The van der Waals surface area contributed by atoms with E-state index in [9.17, 15) is 18.0 Å². The van der Waals surface area contributed by atoms with Gasteiger partial charge in [-0.25, -0.2) is 12.7 Å². The van der Waals surface area contributed by atoms with Crippen LogP contribution in [-0.4, -0.2) is 26.0 Å². The zero-order chi connectivity index (χ0) is 18.2. The summed E-state index contributed by atoms with van der Waals surface area (Å²) in [5.41, 5.74) is 0.302. The Morgan fingerprint density at radius 1 is 1.40 bits per heavy atom. The molecule has 1 N–H and O–H groups in total. The molecule has 1 aliphatic heterocycles. The molecule has 132 valence electrons. The van der Waals surface area contributed by atoms with Crippen LogP contribution >= 0.6 is 11.6 Å². The molecule has 0 unspecified atom stereocenters. The molecule has 1 saturated heterocycles. The summed E-state index contributed by atoms with van der Waals surface area (Å²) in [5.74, 6) is -1.21. The van der Waals surface area contributed by atoms with Crippen molar-refractivity contribution in [1.82, 2.24) is 5.32 Å². The maximum absolute atomic E-state index is 12.2. The van der Waals surface area contributed by atoms with Gasteiger partial charge in [0.2, 0.25) is 15.9 Å². The van der Waals surface area contributed by atoms with Crippen molar-refractivity contribution in [2.45, 2.75) is 13.5 Å². The number of nitrogens with one attached hydrogen (secondary N) is 1. The fourth-order valence-corrected chi connectivity index (χ4v) is 4.65. The number of rotatable bonds is 4. The van der Waals surface area contributed by atoms with Gasteiger partial charge in [0.15, 0.2) is 0 Å². The highest BCUT2D eigenvalue weighted by Gasteiger charge is 2.42. The molecule has 2 heterocycles. The van der Waals surface area contributed by atoms with E-state index >= 15 is 0 Å². The molecule has 1 aliphatic rings. The topological polar surface area (TPSA) is 96.7 Å². The molecule has 1 fully saturated rings. The van der Waals surface area contributed by atoms with E-state index in [1.165, 1.54) is 24.5 Å². The van der Waals surface area contributed by atoms with Crippen LogP contribution in [0.1, 0.15) is 23.0 Å². The minimum Gasteiger partial charge on any atom is -0.467 e. The maximum Gasteiger partial charge on any atom is 0.253 e. The summed E-state index contributed by atoms with van der Waals surface area (Å²) in [4.78, 5) is 24.3. The second-order valence-electron chi connectivity index (χ2n) is 5.71. The van der Waals surface area contributed by atoms with Crippen LogP contribution in [0, 0.1) is 5.92 Å². The summed E-state index contributed by atoms with van der Waals surface area (Å²) in [6.07, 6.45) is 1.50. The Labute approximate surface area is 149 Å². The van der Waals surface area contributed by atoms with Gasteiger partial charge in [0, 0.05) is 0 Å². The Balaban J connectivity index is 1.81. The number of benzene rings is 1. The third-order valence-electron chi connectivity index (χ3n) is 3.80. The van der Waals surface area contributed by atoms with E-state index in [2.05, 4.69) is 5.32 Å². The first kappa shape index (κ1) is 17.5. The molecule has 0 aliphatic carbocycles. The van der Waals surface area contributed by atoms with E-state index in [4.69, 9.17) is 16.0 Å². The van der Waals surface area contributed by atoms with E-state index in [1.807, 2.05) is 0 Å². The Kier molecular flexibility index (Phi) is 4.57. The van der Waals surface area contributed by atoms with Gasteiger partial charge in [0.1, 0.15) is 5.76 Å². The molecular formula is C16H15ClN2O5S. The molecule has 3 rings (SSSR count). The number of anilines is 1. The molecule has 0 saturated carbocycles. The van der Waals surface area contributed by atoms with Crippen molar-refractivity contribution in [3.8, 4) is 0 Å². The molecule has 25 heavy (non-hydrogen) atoms. The van der Waals surface area contributed by atoms with E-state index in [1.54, 1.807) is 19.1 Å². The Morgan fingerprint density at radius 2 is 2.16 bits per heavy atom. The van der Waals surface area contributed by atoms with Crippen molar-refractivity contribution in [3.05, 3.63) is 52.9 Å². The standard InChI is InChI=1S/C16H15ClN2O5S/c1-10-9-25(22,23)19(16(10)21)11-4-5-13(14(17)7-11)15(20)18-8-12-3-2-6-24-12/h2-7,10H,8-9H2,1H3,(H,18,20)/t10-/m1/s1. The lowest BCUT2D eigenvalue weighted by molar-refractivity contribution is -0.119. The predicted octanol–water partition coefficient (Wildman–Crippen LogP) is 2.18. The summed E-state index contributed by atoms with van der Waals surface area (Å²) >= 11 is 6.12. The van der Waals surface area contributed by atoms with Crippen molar-refractivity contribution in [3.63, 3.8) is 0 Å². The lowest BCUT2D eigenvalue weighted by Crippen LogP contribution is -2.30. The summed E-state index contributed by atoms with van der Waals surface area (Å²) in [6.45, 7) is 1.75. The van der Waals surface area contributed by atoms with Crippen LogP contribution in [0.2, 0.25) is 5.02 Å². The molecule has 1 atom stereocenters. The van der Waals surface area contributed by atoms with Crippen LogP contribution < -0.4 is 9.62 Å². The number of carbonyl (C=O) groups is 2. The van der Waals surface area contributed by atoms with Crippen LogP contribution in [0.5, 0.6) is 0 Å². The summed E-state index contributed by atoms with van der Waals surface area (Å²) in [7, 11) is -3.72. The normalized spacial score (nSPS) is 19.2. The highest BCUT2D eigenvalue weighted by atomic mass is 35.5. The second-order valence-corrected chi connectivity index (χ2v) is 7.98. The lowest BCUT2D eigenvalue weighted by Gasteiger charge is -2.16. The monoisotopic (exact) mass is 382 g/mol. The number of hydrogen-bond acceptors (Lipinski definition) is 5. The molecule has 0 spiro atoms. The lowest BCUT2D eigenvalue weighted by atomic mass is 10.1. The third kappa shape index (κ3) is 3.40. The Bertz CT molecular complexity index is 924. The minimum atomic E-state index is -3.72. The van der Waals surface area contributed by atoms with Crippen molar-refractivity contribution in [1.29, 1.82) is 0 Å². The van der Waals surface area contributed by atoms with Crippen molar-refractivity contribution >= 4 is 39.1 Å². The van der Waals surface area contributed by atoms with E-state index < -0.39 is 27.8 Å². The van der Waals surface area contributed by atoms with Gasteiger partial charge in [-0.3, -0.25) is 9.59 Å². The fraction of sp³-hybridized carbons (Fsp3) is 0.250. The Morgan fingerprint density at radius 3 is 2.72 bits per heavy atom.